The number of anilines is 2. The van der Waals surface area contributed by atoms with Gasteiger partial charge in [0.15, 0.2) is 23.2 Å². The summed E-state index contributed by atoms with van der Waals surface area (Å²) < 4.78 is 16.5. The Morgan fingerprint density at radius 1 is 1.08 bits per heavy atom. The molecule has 0 spiro atoms. The minimum atomic E-state index is -0.637. The standard InChI is InChI=1S/C28H24ClN3O6S/c1-3-37-23-15-17(13-21-26(34)31-28(39)32(27(21)35)19-7-5-4-6-8-19)14-22(29)25(23)38-16-24(33)30-18-9-11-20(36-2)12-10-18/h4-15H,3,16H2,1-2H3,(H,30,33)(H,31,34,39)/b21-13-. The van der Waals surface area contributed by atoms with E-state index in [0.29, 0.717) is 22.7 Å². The number of halogens is 1. The third kappa shape index (κ3) is 6.54. The quantitative estimate of drug-likeness (QED) is 0.222. The predicted octanol–water partition coefficient (Wildman–Crippen LogP) is 4.60. The minimum absolute atomic E-state index is 0.0157. The van der Waals surface area contributed by atoms with Gasteiger partial charge < -0.3 is 19.5 Å². The lowest BCUT2D eigenvalue weighted by molar-refractivity contribution is -0.122. The highest BCUT2D eigenvalue weighted by Gasteiger charge is 2.34. The highest BCUT2D eigenvalue weighted by molar-refractivity contribution is 7.80. The topological polar surface area (TPSA) is 106 Å². The Labute approximate surface area is 235 Å². The molecule has 39 heavy (non-hydrogen) atoms. The number of carbonyl (C=O) groups is 3. The molecule has 11 heteroatoms. The Balaban J connectivity index is 1.55. The number of hydrogen-bond donors (Lipinski definition) is 2. The normalized spacial score (nSPS) is 14.2. The van der Waals surface area contributed by atoms with E-state index in [9.17, 15) is 14.4 Å². The smallest absolute Gasteiger partial charge is 0.270 e. The lowest BCUT2D eigenvalue weighted by Crippen LogP contribution is -2.54. The fraction of sp³-hybridized carbons (Fsp3) is 0.143. The van der Waals surface area contributed by atoms with Gasteiger partial charge in [0, 0.05) is 5.69 Å². The van der Waals surface area contributed by atoms with Gasteiger partial charge in [0.2, 0.25) is 0 Å². The van der Waals surface area contributed by atoms with Crippen LogP contribution in [0.1, 0.15) is 12.5 Å². The van der Waals surface area contributed by atoms with E-state index in [-0.39, 0.29) is 40.4 Å². The molecular weight excluding hydrogens is 542 g/mol. The molecular formula is C28H24ClN3O6S. The molecule has 9 nitrogen and oxygen atoms in total. The second kappa shape index (κ2) is 12.4. The Morgan fingerprint density at radius 3 is 2.46 bits per heavy atom. The van der Waals surface area contributed by atoms with Crippen LogP contribution in [-0.2, 0) is 14.4 Å². The summed E-state index contributed by atoms with van der Waals surface area (Å²) in [7, 11) is 1.55. The average Bonchev–Trinajstić information content (AvgIpc) is 2.91. The Kier molecular flexibility index (Phi) is 8.80. The van der Waals surface area contributed by atoms with Crippen LogP contribution in [0.3, 0.4) is 0 Å². The zero-order chi connectivity index (χ0) is 27.9. The number of benzene rings is 3. The number of amides is 3. The van der Waals surface area contributed by atoms with E-state index in [4.69, 9.17) is 38.0 Å². The summed E-state index contributed by atoms with van der Waals surface area (Å²) in [6.45, 7) is 1.72. The number of nitrogens with one attached hydrogen (secondary N) is 2. The lowest BCUT2D eigenvalue weighted by Gasteiger charge is -2.28. The van der Waals surface area contributed by atoms with E-state index < -0.39 is 17.7 Å². The molecule has 1 aliphatic heterocycles. The van der Waals surface area contributed by atoms with Gasteiger partial charge in [0.1, 0.15) is 11.3 Å². The highest BCUT2D eigenvalue weighted by atomic mass is 35.5. The fourth-order valence-corrected chi connectivity index (χ4v) is 4.27. The predicted molar refractivity (Wildman–Crippen MR) is 152 cm³/mol. The van der Waals surface area contributed by atoms with E-state index in [2.05, 4.69) is 10.6 Å². The number of hydrogen-bond acceptors (Lipinski definition) is 7. The molecule has 1 heterocycles. The molecule has 3 amide bonds. The van der Waals surface area contributed by atoms with E-state index in [1.54, 1.807) is 74.7 Å². The van der Waals surface area contributed by atoms with Crippen molar-refractivity contribution in [1.82, 2.24) is 5.32 Å². The molecule has 1 fully saturated rings. The van der Waals surface area contributed by atoms with Gasteiger partial charge in [-0.3, -0.25) is 24.6 Å². The van der Waals surface area contributed by atoms with Gasteiger partial charge in [-0.2, -0.15) is 0 Å². The second-order valence-electron chi connectivity index (χ2n) is 8.12. The molecule has 200 valence electrons. The number of nitrogens with zero attached hydrogens (tertiary/aromatic N) is 1. The number of para-hydroxylation sites is 1. The van der Waals surface area contributed by atoms with Crippen LogP contribution in [0.2, 0.25) is 5.02 Å². The maximum absolute atomic E-state index is 13.2. The monoisotopic (exact) mass is 565 g/mol. The van der Waals surface area contributed by atoms with Crippen LogP contribution in [0.15, 0.2) is 72.3 Å². The summed E-state index contributed by atoms with van der Waals surface area (Å²) in [5.41, 5.74) is 1.36. The summed E-state index contributed by atoms with van der Waals surface area (Å²) in [5.74, 6) is -0.576. The number of thiocarbonyl (C=S) groups is 1. The summed E-state index contributed by atoms with van der Waals surface area (Å²) in [6.07, 6.45) is 1.39. The SMILES string of the molecule is CCOc1cc(/C=C2/C(=O)NC(=S)N(c3ccccc3)C2=O)cc(Cl)c1OCC(=O)Nc1ccc(OC)cc1. The summed E-state index contributed by atoms with van der Waals surface area (Å²) >= 11 is 11.7. The molecule has 0 radical (unpaired) electrons. The van der Waals surface area contributed by atoms with Crippen molar-refractivity contribution in [2.75, 3.05) is 30.5 Å². The molecule has 0 saturated carbocycles. The van der Waals surface area contributed by atoms with Gasteiger partial charge in [0.05, 0.1) is 24.4 Å². The molecule has 0 atom stereocenters. The van der Waals surface area contributed by atoms with Crippen molar-refractivity contribution in [3.8, 4) is 17.2 Å². The third-order valence-corrected chi connectivity index (χ3v) is 6.05. The molecule has 3 aromatic rings. The third-order valence-electron chi connectivity index (χ3n) is 5.48. The van der Waals surface area contributed by atoms with Crippen molar-refractivity contribution in [2.45, 2.75) is 6.92 Å². The van der Waals surface area contributed by atoms with Gasteiger partial charge in [-0.15, -0.1) is 0 Å². The average molecular weight is 566 g/mol. The van der Waals surface area contributed by atoms with Crippen molar-refractivity contribution in [3.05, 3.63) is 82.9 Å². The van der Waals surface area contributed by atoms with E-state index in [1.165, 1.54) is 17.0 Å². The van der Waals surface area contributed by atoms with Crippen molar-refractivity contribution in [1.29, 1.82) is 0 Å². The van der Waals surface area contributed by atoms with Gasteiger partial charge >= 0.3 is 0 Å². The van der Waals surface area contributed by atoms with E-state index in [0.717, 1.165) is 0 Å². The zero-order valence-electron chi connectivity index (χ0n) is 21.0. The maximum atomic E-state index is 13.2. The maximum Gasteiger partial charge on any atom is 0.270 e. The summed E-state index contributed by atoms with van der Waals surface area (Å²) in [5, 5.41) is 5.38. The van der Waals surface area contributed by atoms with Crippen LogP contribution >= 0.6 is 23.8 Å². The Hall–Kier alpha value is -4.41. The van der Waals surface area contributed by atoms with Crippen LogP contribution in [0.25, 0.3) is 6.08 Å². The van der Waals surface area contributed by atoms with Crippen molar-refractivity contribution in [3.63, 3.8) is 0 Å². The molecule has 1 saturated heterocycles. The largest absolute Gasteiger partial charge is 0.497 e. The lowest BCUT2D eigenvalue weighted by atomic mass is 10.1. The first-order valence-electron chi connectivity index (χ1n) is 11.8. The molecule has 1 aliphatic rings. The molecule has 3 aromatic carbocycles. The van der Waals surface area contributed by atoms with E-state index in [1.807, 2.05) is 0 Å². The molecule has 2 N–H and O–H groups in total. The summed E-state index contributed by atoms with van der Waals surface area (Å²) in [4.78, 5) is 39.6. The molecule has 0 bridgehead atoms. The number of ether oxygens (including phenoxy) is 3. The molecule has 4 rings (SSSR count). The van der Waals surface area contributed by atoms with Crippen LogP contribution in [0.4, 0.5) is 11.4 Å². The van der Waals surface area contributed by atoms with Crippen molar-refractivity contribution in [2.24, 2.45) is 0 Å². The number of carbonyl (C=O) groups excluding carboxylic acids is 3. The first-order chi connectivity index (χ1) is 18.8. The Morgan fingerprint density at radius 2 is 1.79 bits per heavy atom. The number of methoxy groups -OCH3 is 1. The molecule has 0 aliphatic carbocycles. The summed E-state index contributed by atoms with van der Waals surface area (Å²) in [6, 6.07) is 18.7. The first-order valence-corrected chi connectivity index (χ1v) is 12.6. The second-order valence-corrected chi connectivity index (χ2v) is 8.92. The van der Waals surface area contributed by atoms with Crippen LogP contribution in [0, 0.1) is 0 Å². The van der Waals surface area contributed by atoms with Crippen molar-refractivity contribution < 1.29 is 28.6 Å². The number of rotatable bonds is 9. The van der Waals surface area contributed by atoms with Gasteiger partial charge in [-0.05, 0) is 79.3 Å². The fourth-order valence-electron chi connectivity index (χ4n) is 3.72. The van der Waals surface area contributed by atoms with Gasteiger partial charge in [0.25, 0.3) is 17.7 Å². The molecule has 0 aromatic heterocycles. The molecule has 0 unspecified atom stereocenters. The van der Waals surface area contributed by atoms with Crippen LogP contribution < -0.4 is 29.7 Å². The Bertz CT molecular complexity index is 1440. The van der Waals surface area contributed by atoms with Gasteiger partial charge in [-0.25, -0.2) is 0 Å². The first kappa shape index (κ1) is 27.6. The minimum Gasteiger partial charge on any atom is -0.497 e. The highest BCUT2D eigenvalue weighted by Crippen LogP contribution is 2.37. The van der Waals surface area contributed by atoms with Crippen molar-refractivity contribution >= 4 is 64.1 Å². The van der Waals surface area contributed by atoms with Gasteiger partial charge in [-0.1, -0.05) is 29.8 Å². The van der Waals surface area contributed by atoms with E-state index >= 15 is 0 Å². The van der Waals surface area contributed by atoms with Crippen LogP contribution in [-0.4, -0.2) is 43.2 Å². The zero-order valence-corrected chi connectivity index (χ0v) is 22.6. The van der Waals surface area contributed by atoms with Crippen LogP contribution in [0.5, 0.6) is 17.2 Å².